The summed E-state index contributed by atoms with van der Waals surface area (Å²) in [6.45, 7) is 0.536. The Hall–Kier alpha value is -1.30. The van der Waals surface area contributed by atoms with Crippen molar-refractivity contribution >= 4 is 0 Å². The second kappa shape index (κ2) is 5.35. The minimum Gasteiger partial charge on any atom is -0.487 e. The van der Waals surface area contributed by atoms with Gasteiger partial charge in [0.15, 0.2) is 6.61 Å². The molecule has 0 aromatic heterocycles. The summed E-state index contributed by atoms with van der Waals surface area (Å²) in [6, 6.07) is 4.74. The molecule has 0 saturated carbocycles. The maximum absolute atomic E-state index is 12.6. The van der Waals surface area contributed by atoms with Gasteiger partial charge in [-0.2, -0.15) is 8.78 Å². The number of ether oxygens (including phenoxy) is 1. The van der Waals surface area contributed by atoms with Crippen molar-refractivity contribution < 1.29 is 22.3 Å². The van der Waals surface area contributed by atoms with Crippen LogP contribution in [0.25, 0.3) is 0 Å². The number of hydrogen-bond acceptors (Lipinski definition) is 2. The van der Waals surface area contributed by atoms with Gasteiger partial charge in [-0.3, -0.25) is 0 Å². The van der Waals surface area contributed by atoms with Gasteiger partial charge in [-0.15, -0.1) is 0 Å². The minimum atomic E-state index is -4.16. The van der Waals surface area contributed by atoms with Gasteiger partial charge in [-0.05, 0) is 13.0 Å². The number of nitrogens with two attached hydrogens (primary N) is 1. The Morgan fingerprint density at radius 3 is 2.53 bits per heavy atom. The third kappa shape index (κ3) is 3.59. The maximum Gasteiger partial charge on any atom is 0.340 e. The van der Waals surface area contributed by atoms with E-state index in [0.717, 1.165) is 5.56 Å². The fourth-order valence-corrected chi connectivity index (χ4v) is 1.25. The molecule has 0 unspecified atom stereocenters. The van der Waals surface area contributed by atoms with E-state index in [1.165, 1.54) is 6.07 Å². The first-order valence-electron chi connectivity index (χ1n) is 4.95. The van der Waals surface area contributed by atoms with E-state index < -0.39 is 19.0 Å². The van der Waals surface area contributed by atoms with Crippen molar-refractivity contribution in [1.29, 1.82) is 0 Å². The fraction of sp³-hybridized carbons (Fsp3) is 0.455. The number of aryl methyl sites for hydroxylation is 1. The quantitative estimate of drug-likeness (QED) is 0.817. The van der Waals surface area contributed by atoms with E-state index in [1.807, 2.05) is 0 Å². The van der Waals surface area contributed by atoms with Crippen LogP contribution in [0.1, 0.15) is 11.1 Å². The third-order valence-corrected chi connectivity index (χ3v) is 2.18. The lowest BCUT2D eigenvalue weighted by molar-refractivity contribution is -0.148. The number of rotatable bonds is 5. The number of hydrogen-bond donors (Lipinski definition) is 1. The summed E-state index contributed by atoms with van der Waals surface area (Å²) in [5.41, 5.74) is 6.80. The van der Waals surface area contributed by atoms with Gasteiger partial charge in [-0.1, -0.05) is 17.7 Å². The van der Waals surface area contributed by atoms with Crippen LogP contribution in [-0.4, -0.2) is 19.0 Å². The highest BCUT2D eigenvalue weighted by Crippen LogP contribution is 2.26. The molecule has 0 aliphatic rings. The van der Waals surface area contributed by atoms with Crippen molar-refractivity contribution in [1.82, 2.24) is 0 Å². The van der Waals surface area contributed by atoms with Gasteiger partial charge in [0.25, 0.3) is 0 Å². The lowest BCUT2D eigenvalue weighted by atomic mass is 10.1. The molecule has 0 spiro atoms. The van der Waals surface area contributed by atoms with Crippen molar-refractivity contribution in [2.24, 2.45) is 5.73 Å². The predicted octanol–water partition coefficient (Wildman–Crippen LogP) is 2.73. The first-order chi connectivity index (χ1) is 7.86. The van der Waals surface area contributed by atoms with Crippen LogP contribution in [0.5, 0.6) is 5.75 Å². The van der Waals surface area contributed by atoms with E-state index >= 15 is 0 Å². The molecule has 96 valence electrons. The molecule has 0 radical (unpaired) electrons. The van der Waals surface area contributed by atoms with Gasteiger partial charge in [0, 0.05) is 12.1 Å². The molecule has 1 rings (SSSR count). The average molecular weight is 251 g/mol. The molecule has 2 nitrogen and oxygen atoms in total. The van der Waals surface area contributed by atoms with E-state index in [-0.39, 0.29) is 12.3 Å². The summed E-state index contributed by atoms with van der Waals surface area (Å²) < 4.78 is 53.8. The molecule has 0 aliphatic heterocycles. The van der Waals surface area contributed by atoms with Gasteiger partial charge >= 0.3 is 12.3 Å². The SMILES string of the molecule is Cc1ccc(OCC(F)(F)C(F)F)c(CN)c1. The lowest BCUT2D eigenvalue weighted by Crippen LogP contribution is -2.34. The summed E-state index contributed by atoms with van der Waals surface area (Å²) >= 11 is 0. The first-order valence-corrected chi connectivity index (χ1v) is 4.95. The van der Waals surface area contributed by atoms with E-state index in [4.69, 9.17) is 10.5 Å². The van der Waals surface area contributed by atoms with Gasteiger partial charge in [0.2, 0.25) is 0 Å². The second-order valence-corrected chi connectivity index (χ2v) is 3.67. The Morgan fingerprint density at radius 2 is 2.00 bits per heavy atom. The zero-order valence-electron chi connectivity index (χ0n) is 9.22. The topological polar surface area (TPSA) is 35.2 Å². The Balaban J connectivity index is 2.76. The van der Waals surface area contributed by atoms with E-state index in [0.29, 0.717) is 5.56 Å². The average Bonchev–Trinajstić information content (AvgIpc) is 2.27. The molecule has 0 aliphatic carbocycles. The first kappa shape index (κ1) is 13.8. The molecule has 0 bridgehead atoms. The predicted molar refractivity (Wildman–Crippen MR) is 55.5 cm³/mol. The molecule has 1 aromatic rings. The van der Waals surface area contributed by atoms with Gasteiger partial charge < -0.3 is 10.5 Å². The number of benzene rings is 1. The van der Waals surface area contributed by atoms with Gasteiger partial charge in [0.05, 0.1) is 0 Å². The van der Waals surface area contributed by atoms with E-state index in [2.05, 4.69) is 0 Å². The fourth-order valence-electron chi connectivity index (χ4n) is 1.25. The molecule has 6 heteroatoms. The second-order valence-electron chi connectivity index (χ2n) is 3.67. The summed E-state index contributed by atoms with van der Waals surface area (Å²) in [4.78, 5) is 0. The van der Waals surface area contributed by atoms with Crippen LogP contribution in [-0.2, 0) is 6.54 Å². The van der Waals surface area contributed by atoms with Crippen molar-refractivity contribution in [3.8, 4) is 5.75 Å². The summed E-state index contributed by atoms with van der Waals surface area (Å²) in [6.07, 6.45) is -3.74. The zero-order chi connectivity index (χ0) is 13.1. The van der Waals surface area contributed by atoms with Crippen LogP contribution in [0.2, 0.25) is 0 Å². The molecular formula is C11H13F4NO. The maximum atomic E-state index is 12.6. The molecule has 0 amide bonds. The molecule has 0 heterocycles. The van der Waals surface area contributed by atoms with Crippen LogP contribution < -0.4 is 10.5 Å². The van der Waals surface area contributed by atoms with Gasteiger partial charge in [0.1, 0.15) is 5.75 Å². The smallest absolute Gasteiger partial charge is 0.340 e. The molecular weight excluding hydrogens is 238 g/mol. The molecule has 0 fully saturated rings. The van der Waals surface area contributed by atoms with Crippen LogP contribution in [0.15, 0.2) is 18.2 Å². The Bertz CT molecular complexity index is 382. The monoisotopic (exact) mass is 251 g/mol. The van der Waals surface area contributed by atoms with Crippen LogP contribution in [0.4, 0.5) is 17.6 Å². The third-order valence-electron chi connectivity index (χ3n) is 2.18. The Labute approximate surface area is 96.4 Å². The summed E-state index contributed by atoms with van der Waals surface area (Å²) in [5.74, 6) is -4.05. The molecule has 0 atom stereocenters. The highest BCUT2D eigenvalue weighted by Gasteiger charge is 2.41. The molecule has 2 N–H and O–H groups in total. The van der Waals surface area contributed by atoms with Crippen molar-refractivity contribution in [2.75, 3.05) is 6.61 Å². The summed E-state index contributed by atoms with van der Waals surface area (Å²) in [5, 5.41) is 0. The number of alkyl halides is 4. The highest BCUT2D eigenvalue weighted by atomic mass is 19.3. The van der Waals surface area contributed by atoms with E-state index in [1.54, 1.807) is 19.1 Å². The van der Waals surface area contributed by atoms with Crippen molar-refractivity contribution in [2.45, 2.75) is 25.8 Å². The van der Waals surface area contributed by atoms with Crippen LogP contribution in [0, 0.1) is 6.92 Å². The summed E-state index contributed by atoms with van der Waals surface area (Å²) in [7, 11) is 0. The van der Waals surface area contributed by atoms with Crippen LogP contribution in [0.3, 0.4) is 0 Å². The molecule has 1 aromatic carbocycles. The molecule has 17 heavy (non-hydrogen) atoms. The minimum absolute atomic E-state index is 0.0945. The molecule has 0 saturated heterocycles. The van der Waals surface area contributed by atoms with Crippen LogP contribution >= 0.6 is 0 Å². The Morgan fingerprint density at radius 1 is 1.35 bits per heavy atom. The lowest BCUT2D eigenvalue weighted by Gasteiger charge is -2.17. The highest BCUT2D eigenvalue weighted by molar-refractivity contribution is 5.36. The number of halogens is 4. The van der Waals surface area contributed by atoms with Crippen molar-refractivity contribution in [3.63, 3.8) is 0 Å². The zero-order valence-corrected chi connectivity index (χ0v) is 9.22. The Kier molecular flexibility index (Phi) is 4.34. The largest absolute Gasteiger partial charge is 0.487 e. The van der Waals surface area contributed by atoms with Crippen molar-refractivity contribution in [3.05, 3.63) is 29.3 Å². The standard InChI is InChI=1S/C11H13F4NO/c1-7-2-3-9(8(4-7)5-16)17-6-11(14,15)10(12)13/h2-4,10H,5-6,16H2,1H3. The van der Waals surface area contributed by atoms with Gasteiger partial charge in [-0.25, -0.2) is 8.78 Å². The van der Waals surface area contributed by atoms with E-state index in [9.17, 15) is 17.6 Å². The normalized spacial score (nSPS) is 11.9.